The largest absolute Gasteiger partial charge is 0.504 e. The molecule has 8 nitrogen and oxygen atoms in total. The number of fused-ring (bicyclic) bond motifs is 1. The molecule has 2 aromatic carbocycles. The van der Waals surface area contributed by atoms with Gasteiger partial charge in [0.25, 0.3) is 0 Å². The van der Waals surface area contributed by atoms with Gasteiger partial charge in [-0.1, -0.05) is 6.07 Å². The molecule has 2 aromatic rings. The summed E-state index contributed by atoms with van der Waals surface area (Å²) in [7, 11) is 2.88. The van der Waals surface area contributed by atoms with Gasteiger partial charge in [-0.3, -0.25) is 9.59 Å². The lowest BCUT2D eigenvalue weighted by molar-refractivity contribution is -0.150. The van der Waals surface area contributed by atoms with Gasteiger partial charge in [0.15, 0.2) is 23.0 Å². The van der Waals surface area contributed by atoms with Crippen molar-refractivity contribution in [1.82, 2.24) is 0 Å². The van der Waals surface area contributed by atoms with E-state index in [1.807, 2.05) is 0 Å². The van der Waals surface area contributed by atoms with Gasteiger partial charge < -0.3 is 29.2 Å². The molecular formula is C24H28O8. The van der Waals surface area contributed by atoms with Crippen molar-refractivity contribution in [3.63, 3.8) is 0 Å². The molecule has 0 spiro atoms. The Bertz CT molecular complexity index is 1000. The Morgan fingerprint density at radius 3 is 2.12 bits per heavy atom. The van der Waals surface area contributed by atoms with Crippen LogP contribution in [-0.2, 0) is 19.1 Å². The number of aromatic hydroxyl groups is 2. The summed E-state index contributed by atoms with van der Waals surface area (Å²) in [6.07, 6.45) is -0.0608. The smallest absolute Gasteiger partial charge is 0.310 e. The van der Waals surface area contributed by atoms with Crippen molar-refractivity contribution in [3.8, 4) is 23.0 Å². The number of hydrogen-bond donors (Lipinski definition) is 2. The van der Waals surface area contributed by atoms with Gasteiger partial charge in [0.1, 0.15) is 0 Å². The van der Waals surface area contributed by atoms with E-state index in [2.05, 4.69) is 0 Å². The SMILES string of the molecule is CCOC(=O)C[C@H]1c2cc(O)c(OC)cc2[C@H](c2ccc(OC)c(O)c2)[C@H]1C(=O)OCC. The van der Waals surface area contributed by atoms with Crippen molar-refractivity contribution >= 4 is 11.9 Å². The third kappa shape index (κ3) is 4.30. The van der Waals surface area contributed by atoms with Crippen molar-refractivity contribution in [2.75, 3.05) is 27.4 Å². The maximum Gasteiger partial charge on any atom is 0.310 e. The fourth-order valence-electron chi connectivity index (χ4n) is 4.44. The molecule has 0 fully saturated rings. The first-order chi connectivity index (χ1) is 15.4. The van der Waals surface area contributed by atoms with Crippen LogP contribution in [0, 0.1) is 5.92 Å². The summed E-state index contributed by atoms with van der Waals surface area (Å²) in [5.74, 6) is -2.47. The zero-order valence-electron chi connectivity index (χ0n) is 18.6. The molecule has 0 unspecified atom stereocenters. The first-order valence-electron chi connectivity index (χ1n) is 10.5. The summed E-state index contributed by atoms with van der Waals surface area (Å²) in [5.41, 5.74) is 1.98. The van der Waals surface area contributed by atoms with Gasteiger partial charge in [0, 0.05) is 11.8 Å². The van der Waals surface area contributed by atoms with E-state index in [0.29, 0.717) is 22.4 Å². The summed E-state index contributed by atoms with van der Waals surface area (Å²) in [6.45, 7) is 3.81. The second-order valence-corrected chi connectivity index (χ2v) is 7.46. The number of benzene rings is 2. The van der Waals surface area contributed by atoms with Crippen molar-refractivity contribution in [3.05, 3.63) is 47.0 Å². The molecule has 3 rings (SSSR count). The van der Waals surface area contributed by atoms with Crippen LogP contribution in [-0.4, -0.2) is 49.6 Å². The highest BCUT2D eigenvalue weighted by Gasteiger charge is 2.48. The van der Waals surface area contributed by atoms with E-state index in [1.165, 1.54) is 26.4 Å². The molecule has 0 amide bonds. The predicted octanol–water partition coefficient (Wildman–Crippen LogP) is 3.48. The molecule has 0 aliphatic heterocycles. The topological polar surface area (TPSA) is 112 Å². The van der Waals surface area contributed by atoms with E-state index in [4.69, 9.17) is 18.9 Å². The standard InChI is InChI=1S/C24H28O8/c1-5-31-21(27)12-16-14-10-18(26)20(30-4)11-15(14)22(23(16)24(28)32-6-2)13-7-8-19(29-3)17(25)9-13/h7-11,16,22-23,25-26H,5-6,12H2,1-4H3/t16-,22-,23-/m0/s1. The van der Waals surface area contributed by atoms with Crippen molar-refractivity contribution in [2.45, 2.75) is 32.1 Å². The van der Waals surface area contributed by atoms with E-state index in [1.54, 1.807) is 32.0 Å². The molecule has 1 aliphatic carbocycles. The zero-order chi connectivity index (χ0) is 23.4. The molecule has 32 heavy (non-hydrogen) atoms. The van der Waals surface area contributed by atoms with Crippen LogP contribution in [0.4, 0.5) is 0 Å². The monoisotopic (exact) mass is 444 g/mol. The van der Waals surface area contributed by atoms with Crippen LogP contribution in [0.5, 0.6) is 23.0 Å². The quantitative estimate of drug-likeness (QED) is 0.596. The molecule has 3 atom stereocenters. The van der Waals surface area contributed by atoms with E-state index in [-0.39, 0.29) is 36.9 Å². The van der Waals surface area contributed by atoms with Crippen molar-refractivity contribution in [1.29, 1.82) is 0 Å². The fraction of sp³-hybridized carbons (Fsp3) is 0.417. The normalized spacial score (nSPS) is 19.2. The third-order valence-electron chi connectivity index (χ3n) is 5.72. The van der Waals surface area contributed by atoms with Crippen LogP contribution < -0.4 is 9.47 Å². The Hall–Kier alpha value is -3.42. The van der Waals surface area contributed by atoms with E-state index >= 15 is 0 Å². The van der Waals surface area contributed by atoms with Crippen molar-refractivity contribution < 1.29 is 38.7 Å². The number of carbonyl (C=O) groups is 2. The highest BCUT2D eigenvalue weighted by Crippen LogP contribution is 2.54. The summed E-state index contributed by atoms with van der Waals surface area (Å²) in [5, 5.41) is 20.8. The maximum atomic E-state index is 13.1. The first kappa shape index (κ1) is 23.2. The van der Waals surface area contributed by atoms with Gasteiger partial charge in [0.05, 0.1) is 39.8 Å². The lowest BCUT2D eigenvalue weighted by Gasteiger charge is -2.24. The van der Waals surface area contributed by atoms with Crippen molar-refractivity contribution in [2.24, 2.45) is 5.92 Å². The predicted molar refractivity (Wildman–Crippen MR) is 115 cm³/mol. The molecule has 0 heterocycles. The third-order valence-corrected chi connectivity index (χ3v) is 5.72. The second kappa shape index (κ2) is 9.80. The molecular weight excluding hydrogens is 416 g/mol. The molecule has 0 bridgehead atoms. The van der Waals surface area contributed by atoms with Crippen LogP contribution in [0.25, 0.3) is 0 Å². The Balaban J connectivity index is 2.21. The minimum atomic E-state index is -0.770. The molecule has 8 heteroatoms. The van der Waals surface area contributed by atoms with Gasteiger partial charge >= 0.3 is 11.9 Å². The fourth-order valence-corrected chi connectivity index (χ4v) is 4.44. The second-order valence-electron chi connectivity index (χ2n) is 7.46. The average molecular weight is 444 g/mol. The van der Waals surface area contributed by atoms with Crippen LogP contribution in [0.1, 0.15) is 48.8 Å². The Kier molecular flexibility index (Phi) is 7.12. The number of esters is 2. The van der Waals surface area contributed by atoms with Crippen LogP contribution >= 0.6 is 0 Å². The summed E-state index contributed by atoms with van der Waals surface area (Å²) in [6, 6.07) is 8.08. The number of hydrogen-bond acceptors (Lipinski definition) is 8. The molecule has 0 saturated heterocycles. The molecule has 0 saturated carbocycles. The van der Waals surface area contributed by atoms with Gasteiger partial charge in [-0.05, 0) is 54.8 Å². The minimum absolute atomic E-state index is 0.0608. The van der Waals surface area contributed by atoms with Crippen LogP contribution in [0.3, 0.4) is 0 Å². The molecule has 1 aliphatic rings. The van der Waals surface area contributed by atoms with E-state index in [9.17, 15) is 19.8 Å². The molecule has 0 radical (unpaired) electrons. The number of ether oxygens (including phenoxy) is 4. The number of phenolic OH excluding ortho intramolecular Hbond substituents is 2. The van der Waals surface area contributed by atoms with Gasteiger partial charge in [0.2, 0.25) is 0 Å². The van der Waals surface area contributed by atoms with Gasteiger partial charge in [-0.15, -0.1) is 0 Å². The number of rotatable bonds is 8. The lowest BCUT2D eigenvalue weighted by Crippen LogP contribution is -2.27. The number of phenols is 2. The Labute approximate surface area is 186 Å². The average Bonchev–Trinajstić information content (AvgIpc) is 3.06. The van der Waals surface area contributed by atoms with E-state index < -0.39 is 29.7 Å². The maximum absolute atomic E-state index is 13.1. The number of carbonyl (C=O) groups excluding carboxylic acids is 2. The highest BCUT2D eigenvalue weighted by atomic mass is 16.5. The Morgan fingerprint density at radius 1 is 0.875 bits per heavy atom. The first-order valence-corrected chi connectivity index (χ1v) is 10.5. The Morgan fingerprint density at radius 2 is 1.53 bits per heavy atom. The van der Waals surface area contributed by atoms with Crippen LogP contribution in [0.15, 0.2) is 30.3 Å². The molecule has 172 valence electrons. The zero-order valence-corrected chi connectivity index (χ0v) is 18.6. The van der Waals surface area contributed by atoms with Gasteiger partial charge in [-0.25, -0.2) is 0 Å². The highest BCUT2D eigenvalue weighted by molar-refractivity contribution is 5.81. The minimum Gasteiger partial charge on any atom is -0.504 e. The van der Waals surface area contributed by atoms with Crippen LogP contribution in [0.2, 0.25) is 0 Å². The molecule has 0 aromatic heterocycles. The summed E-state index contributed by atoms with van der Waals surface area (Å²) in [4.78, 5) is 25.5. The number of methoxy groups -OCH3 is 2. The summed E-state index contributed by atoms with van der Waals surface area (Å²) < 4.78 is 20.9. The lowest BCUT2D eigenvalue weighted by atomic mass is 9.81. The van der Waals surface area contributed by atoms with E-state index in [0.717, 1.165) is 0 Å². The molecule has 2 N–H and O–H groups in total. The van der Waals surface area contributed by atoms with Gasteiger partial charge in [-0.2, -0.15) is 0 Å². The summed E-state index contributed by atoms with van der Waals surface area (Å²) >= 11 is 0.